The zero-order valence-electron chi connectivity index (χ0n) is 10.7. The quantitative estimate of drug-likeness (QED) is 0.830. The molecule has 1 rings (SSSR count). The van der Waals surface area contributed by atoms with Gasteiger partial charge in [-0.05, 0) is 31.2 Å². The minimum atomic E-state index is -0.106. The molecule has 0 saturated heterocycles. The van der Waals surface area contributed by atoms with Gasteiger partial charge in [0, 0.05) is 17.3 Å². The van der Waals surface area contributed by atoms with E-state index in [0.29, 0.717) is 17.3 Å². The first-order valence-corrected chi connectivity index (χ1v) is 6.33. The fourth-order valence-electron chi connectivity index (χ4n) is 1.56. The lowest BCUT2D eigenvalue weighted by Crippen LogP contribution is -2.35. The third-order valence-electron chi connectivity index (χ3n) is 2.69. The van der Waals surface area contributed by atoms with Crippen LogP contribution in [0.15, 0.2) is 18.2 Å². The first-order valence-electron chi connectivity index (χ1n) is 5.96. The number of nitrogens with one attached hydrogen (secondary N) is 1. The summed E-state index contributed by atoms with van der Waals surface area (Å²) in [5, 5.41) is 12.3. The summed E-state index contributed by atoms with van der Waals surface area (Å²) in [6, 6.07) is 5.42. The van der Waals surface area contributed by atoms with Crippen molar-refractivity contribution in [2.24, 2.45) is 0 Å². The Bertz CT molecular complexity index is 410. The van der Waals surface area contributed by atoms with Crippen LogP contribution in [-0.4, -0.2) is 42.2 Å². The largest absolute Gasteiger partial charge is 0.395 e. The van der Waals surface area contributed by atoms with Crippen LogP contribution in [0.25, 0.3) is 0 Å². The van der Waals surface area contributed by atoms with Crippen molar-refractivity contribution in [2.45, 2.75) is 13.8 Å². The molecule has 0 fully saturated rings. The molecule has 0 aliphatic carbocycles. The van der Waals surface area contributed by atoms with Gasteiger partial charge in [0.25, 0.3) is 0 Å². The summed E-state index contributed by atoms with van der Waals surface area (Å²) in [5.41, 5.74) is 1.67. The Morgan fingerprint density at radius 3 is 2.78 bits per heavy atom. The Hall–Kier alpha value is -1.10. The first kappa shape index (κ1) is 15.0. The molecule has 0 heterocycles. The molecule has 0 aliphatic rings. The van der Waals surface area contributed by atoms with Crippen molar-refractivity contribution >= 4 is 23.2 Å². The third kappa shape index (κ3) is 4.64. The number of benzene rings is 1. The molecule has 0 aromatic heterocycles. The second kappa shape index (κ2) is 7.36. The van der Waals surface area contributed by atoms with Crippen LogP contribution in [0.2, 0.25) is 5.02 Å². The number of hydrogen-bond donors (Lipinski definition) is 2. The van der Waals surface area contributed by atoms with E-state index < -0.39 is 0 Å². The van der Waals surface area contributed by atoms with Gasteiger partial charge in [0.15, 0.2) is 0 Å². The molecule has 0 atom stereocenters. The molecule has 0 bridgehead atoms. The highest BCUT2D eigenvalue weighted by molar-refractivity contribution is 6.31. The van der Waals surface area contributed by atoms with Crippen LogP contribution < -0.4 is 5.32 Å². The molecule has 0 aliphatic heterocycles. The smallest absolute Gasteiger partial charge is 0.238 e. The van der Waals surface area contributed by atoms with Gasteiger partial charge in [-0.3, -0.25) is 9.69 Å². The number of hydrogen-bond acceptors (Lipinski definition) is 3. The van der Waals surface area contributed by atoms with Crippen LogP contribution in [0.5, 0.6) is 0 Å². The van der Waals surface area contributed by atoms with Gasteiger partial charge in [-0.2, -0.15) is 0 Å². The number of rotatable bonds is 6. The Labute approximate surface area is 113 Å². The number of halogens is 1. The molecule has 1 aromatic carbocycles. The van der Waals surface area contributed by atoms with Gasteiger partial charge in [0.1, 0.15) is 0 Å². The summed E-state index contributed by atoms with van der Waals surface area (Å²) in [5.74, 6) is -0.106. The van der Waals surface area contributed by atoms with Crippen LogP contribution in [0.1, 0.15) is 12.5 Å². The Balaban J connectivity index is 2.55. The van der Waals surface area contributed by atoms with Crippen LogP contribution in [-0.2, 0) is 4.79 Å². The molecule has 0 spiro atoms. The van der Waals surface area contributed by atoms with Crippen LogP contribution in [0.4, 0.5) is 5.69 Å². The second-order valence-electron chi connectivity index (χ2n) is 4.10. The molecule has 0 unspecified atom stereocenters. The van der Waals surface area contributed by atoms with Crippen molar-refractivity contribution in [3.8, 4) is 0 Å². The monoisotopic (exact) mass is 270 g/mol. The number of carbonyl (C=O) groups excluding carboxylic acids is 1. The Kier molecular flexibility index (Phi) is 6.12. The van der Waals surface area contributed by atoms with Crippen molar-refractivity contribution < 1.29 is 9.90 Å². The maximum Gasteiger partial charge on any atom is 0.238 e. The summed E-state index contributed by atoms with van der Waals surface area (Å²) in [7, 11) is 0. The van der Waals surface area contributed by atoms with Gasteiger partial charge < -0.3 is 10.4 Å². The third-order valence-corrected chi connectivity index (χ3v) is 3.09. The van der Waals surface area contributed by atoms with Crippen molar-refractivity contribution in [1.29, 1.82) is 0 Å². The molecule has 0 radical (unpaired) electrons. The van der Waals surface area contributed by atoms with E-state index in [1.54, 1.807) is 6.07 Å². The lowest BCUT2D eigenvalue weighted by Gasteiger charge is -2.18. The van der Waals surface area contributed by atoms with E-state index in [0.717, 1.165) is 12.1 Å². The highest BCUT2D eigenvalue weighted by atomic mass is 35.5. The van der Waals surface area contributed by atoms with E-state index in [-0.39, 0.29) is 19.1 Å². The summed E-state index contributed by atoms with van der Waals surface area (Å²) in [6.07, 6.45) is 0. The SMILES string of the molecule is CCN(CCO)CC(=O)Nc1ccc(C)c(Cl)c1. The van der Waals surface area contributed by atoms with Crippen molar-refractivity contribution in [3.63, 3.8) is 0 Å². The zero-order chi connectivity index (χ0) is 13.5. The average molecular weight is 271 g/mol. The van der Waals surface area contributed by atoms with Gasteiger partial charge in [-0.15, -0.1) is 0 Å². The number of amides is 1. The van der Waals surface area contributed by atoms with E-state index in [1.807, 2.05) is 30.9 Å². The van der Waals surface area contributed by atoms with Gasteiger partial charge in [-0.25, -0.2) is 0 Å². The second-order valence-corrected chi connectivity index (χ2v) is 4.51. The van der Waals surface area contributed by atoms with E-state index >= 15 is 0 Å². The summed E-state index contributed by atoms with van der Waals surface area (Å²) >= 11 is 5.99. The standard InChI is InChI=1S/C13H19ClN2O2/c1-3-16(6-7-17)9-13(18)15-11-5-4-10(2)12(14)8-11/h4-5,8,17H,3,6-7,9H2,1-2H3,(H,15,18). The minimum absolute atomic E-state index is 0.0531. The van der Waals surface area contributed by atoms with Crippen LogP contribution in [0, 0.1) is 6.92 Å². The molecule has 4 nitrogen and oxygen atoms in total. The minimum Gasteiger partial charge on any atom is -0.395 e. The molecular formula is C13H19ClN2O2. The van der Waals surface area contributed by atoms with Gasteiger partial charge in [-0.1, -0.05) is 24.6 Å². The molecule has 1 aromatic rings. The number of aryl methyl sites for hydroxylation is 1. The predicted octanol–water partition coefficient (Wildman–Crippen LogP) is 1.90. The molecular weight excluding hydrogens is 252 g/mol. The predicted molar refractivity (Wildman–Crippen MR) is 74.0 cm³/mol. The van der Waals surface area contributed by atoms with Crippen molar-refractivity contribution in [1.82, 2.24) is 4.90 Å². The van der Waals surface area contributed by atoms with Crippen LogP contribution in [0.3, 0.4) is 0 Å². The van der Waals surface area contributed by atoms with Gasteiger partial charge >= 0.3 is 0 Å². The summed E-state index contributed by atoms with van der Waals surface area (Å²) in [4.78, 5) is 13.6. The number of aliphatic hydroxyl groups is 1. The first-order chi connectivity index (χ1) is 8.56. The van der Waals surface area contributed by atoms with Gasteiger partial charge in [0.2, 0.25) is 5.91 Å². The fraction of sp³-hybridized carbons (Fsp3) is 0.462. The normalized spacial score (nSPS) is 10.7. The number of likely N-dealkylation sites (N-methyl/N-ethyl adjacent to an activating group) is 1. The Morgan fingerprint density at radius 1 is 1.50 bits per heavy atom. The number of carbonyl (C=O) groups is 1. The molecule has 2 N–H and O–H groups in total. The molecule has 0 saturated carbocycles. The number of aliphatic hydroxyl groups excluding tert-OH is 1. The van der Waals surface area contributed by atoms with E-state index in [2.05, 4.69) is 5.32 Å². The van der Waals surface area contributed by atoms with E-state index in [4.69, 9.17) is 16.7 Å². The van der Waals surface area contributed by atoms with E-state index in [9.17, 15) is 4.79 Å². The lowest BCUT2D eigenvalue weighted by molar-refractivity contribution is -0.117. The number of anilines is 1. The lowest BCUT2D eigenvalue weighted by atomic mass is 10.2. The van der Waals surface area contributed by atoms with Gasteiger partial charge in [0.05, 0.1) is 13.2 Å². The van der Waals surface area contributed by atoms with Crippen molar-refractivity contribution in [3.05, 3.63) is 28.8 Å². The molecule has 5 heteroatoms. The maximum atomic E-state index is 11.8. The number of nitrogens with zero attached hydrogens (tertiary/aromatic N) is 1. The highest BCUT2D eigenvalue weighted by Gasteiger charge is 2.09. The maximum absolute atomic E-state index is 11.8. The summed E-state index contributed by atoms with van der Waals surface area (Å²) < 4.78 is 0. The van der Waals surface area contributed by atoms with E-state index in [1.165, 1.54) is 0 Å². The average Bonchev–Trinajstić information content (AvgIpc) is 2.33. The molecule has 1 amide bonds. The molecule has 18 heavy (non-hydrogen) atoms. The highest BCUT2D eigenvalue weighted by Crippen LogP contribution is 2.19. The molecule has 100 valence electrons. The fourth-order valence-corrected chi connectivity index (χ4v) is 1.75. The summed E-state index contributed by atoms with van der Waals surface area (Å²) in [6.45, 7) is 5.40. The Morgan fingerprint density at radius 2 is 2.22 bits per heavy atom. The van der Waals surface area contributed by atoms with Crippen molar-refractivity contribution in [2.75, 3.05) is 31.6 Å². The zero-order valence-corrected chi connectivity index (χ0v) is 11.5. The van der Waals surface area contributed by atoms with Crippen LogP contribution >= 0.6 is 11.6 Å². The topological polar surface area (TPSA) is 52.6 Å².